The Balaban J connectivity index is 2.26. The smallest absolute Gasteiger partial charge is 0.119 e. The van der Waals surface area contributed by atoms with Crippen molar-refractivity contribution in [2.24, 2.45) is 5.73 Å². The van der Waals surface area contributed by atoms with Crippen LogP contribution in [-0.2, 0) is 0 Å². The monoisotopic (exact) mass is 313 g/mol. The summed E-state index contributed by atoms with van der Waals surface area (Å²) >= 11 is 3.39. The van der Waals surface area contributed by atoms with Crippen molar-refractivity contribution in [2.45, 2.75) is 13.3 Å². The number of amidine groups is 1. The van der Waals surface area contributed by atoms with Gasteiger partial charge in [0, 0.05) is 24.0 Å². The Morgan fingerprint density at radius 1 is 1.33 bits per heavy atom. The summed E-state index contributed by atoms with van der Waals surface area (Å²) in [5.74, 6) is 1.11. The summed E-state index contributed by atoms with van der Waals surface area (Å²) in [5.41, 5.74) is 5.35. The van der Waals surface area contributed by atoms with Gasteiger partial charge in [-0.05, 0) is 30.8 Å². The summed E-state index contributed by atoms with van der Waals surface area (Å²) in [6.45, 7) is 5.35. The van der Waals surface area contributed by atoms with E-state index in [1.165, 1.54) is 0 Å². The Labute approximate surface area is 117 Å². The van der Waals surface area contributed by atoms with Crippen LogP contribution in [0.2, 0.25) is 0 Å². The minimum absolute atomic E-state index is 0.238. The molecule has 0 bridgehead atoms. The topological polar surface area (TPSA) is 62.3 Å². The third-order valence-electron chi connectivity index (χ3n) is 2.63. The number of likely N-dealkylation sites (N-methyl/N-ethyl adjacent to an activating group) is 1. The molecule has 1 aromatic carbocycles. The lowest BCUT2D eigenvalue weighted by atomic mass is 10.3. The maximum absolute atomic E-state index is 7.21. The number of nitrogens with two attached hydrogens (primary N) is 1. The number of hydrogen-bond donors (Lipinski definition) is 2. The van der Waals surface area contributed by atoms with Gasteiger partial charge in [-0.15, -0.1) is 0 Å². The first kappa shape index (κ1) is 15.0. The second-order valence-electron chi connectivity index (χ2n) is 4.01. The van der Waals surface area contributed by atoms with E-state index in [-0.39, 0.29) is 5.84 Å². The number of halogens is 1. The van der Waals surface area contributed by atoms with Crippen LogP contribution in [0.15, 0.2) is 28.7 Å². The van der Waals surface area contributed by atoms with E-state index in [1.807, 2.05) is 24.3 Å². The van der Waals surface area contributed by atoms with Crippen molar-refractivity contribution in [1.82, 2.24) is 4.90 Å². The van der Waals surface area contributed by atoms with E-state index < -0.39 is 0 Å². The zero-order chi connectivity index (χ0) is 13.4. The van der Waals surface area contributed by atoms with E-state index >= 15 is 0 Å². The van der Waals surface area contributed by atoms with Gasteiger partial charge in [0.2, 0.25) is 0 Å². The van der Waals surface area contributed by atoms with Crippen molar-refractivity contribution < 1.29 is 4.74 Å². The molecule has 0 saturated heterocycles. The largest absolute Gasteiger partial charge is 0.492 e. The maximum Gasteiger partial charge on any atom is 0.119 e. The summed E-state index contributed by atoms with van der Waals surface area (Å²) in [7, 11) is 0. The lowest BCUT2D eigenvalue weighted by molar-refractivity contribution is 0.219. The third-order valence-corrected chi connectivity index (χ3v) is 3.16. The molecular formula is C13H20BrN3O. The van der Waals surface area contributed by atoms with Crippen molar-refractivity contribution in [2.75, 3.05) is 26.2 Å². The van der Waals surface area contributed by atoms with E-state index in [0.29, 0.717) is 13.0 Å². The van der Waals surface area contributed by atoms with Gasteiger partial charge in [-0.3, -0.25) is 10.3 Å². The molecule has 0 aliphatic heterocycles. The molecule has 0 saturated carbocycles. The van der Waals surface area contributed by atoms with Gasteiger partial charge in [-0.1, -0.05) is 22.9 Å². The molecule has 0 unspecified atom stereocenters. The average Bonchev–Trinajstić information content (AvgIpc) is 2.35. The fourth-order valence-corrected chi connectivity index (χ4v) is 1.79. The molecule has 0 aliphatic carbocycles. The van der Waals surface area contributed by atoms with Crippen LogP contribution in [0.5, 0.6) is 5.75 Å². The number of nitrogens with zero attached hydrogens (tertiary/aromatic N) is 1. The molecule has 0 amide bonds. The Morgan fingerprint density at radius 3 is 2.56 bits per heavy atom. The molecule has 3 N–H and O–H groups in total. The molecule has 100 valence electrons. The number of ether oxygens (including phenoxy) is 1. The van der Waals surface area contributed by atoms with E-state index in [1.54, 1.807) is 0 Å². The molecule has 0 aromatic heterocycles. The van der Waals surface area contributed by atoms with Crippen LogP contribution >= 0.6 is 15.9 Å². The van der Waals surface area contributed by atoms with Crippen LogP contribution in [0, 0.1) is 5.41 Å². The Hall–Kier alpha value is -1.07. The lowest BCUT2D eigenvalue weighted by Crippen LogP contribution is -2.31. The highest BCUT2D eigenvalue weighted by molar-refractivity contribution is 9.10. The van der Waals surface area contributed by atoms with Crippen molar-refractivity contribution >= 4 is 21.8 Å². The maximum atomic E-state index is 7.21. The van der Waals surface area contributed by atoms with Gasteiger partial charge in [0.1, 0.15) is 12.4 Å². The lowest BCUT2D eigenvalue weighted by Gasteiger charge is -2.20. The highest BCUT2D eigenvalue weighted by Crippen LogP contribution is 2.15. The first-order valence-corrected chi connectivity index (χ1v) is 6.84. The number of rotatable bonds is 8. The van der Waals surface area contributed by atoms with Gasteiger partial charge in [-0.25, -0.2) is 0 Å². The summed E-state index contributed by atoms with van der Waals surface area (Å²) in [6.07, 6.45) is 0.617. The van der Waals surface area contributed by atoms with Crippen LogP contribution in [-0.4, -0.2) is 37.0 Å². The van der Waals surface area contributed by atoms with Crippen molar-refractivity contribution in [1.29, 1.82) is 5.41 Å². The zero-order valence-electron chi connectivity index (χ0n) is 10.7. The fourth-order valence-electron chi connectivity index (χ4n) is 1.53. The molecule has 0 atom stereocenters. The molecule has 0 fully saturated rings. The molecule has 1 rings (SSSR count). The molecule has 5 heteroatoms. The molecule has 0 spiro atoms. The normalized spacial score (nSPS) is 10.6. The SMILES string of the molecule is CCN(CCOc1ccc(Br)cc1)CCC(=N)N. The molecule has 0 heterocycles. The molecule has 1 aromatic rings. The van der Waals surface area contributed by atoms with Gasteiger partial charge < -0.3 is 10.5 Å². The highest BCUT2D eigenvalue weighted by Gasteiger charge is 2.03. The number of hydrogen-bond acceptors (Lipinski definition) is 3. The summed E-state index contributed by atoms with van der Waals surface area (Å²) in [4.78, 5) is 2.22. The fraction of sp³-hybridized carbons (Fsp3) is 0.462. The second-order valence-corrected chi connectivity index (χ2v) is 4.93. The van der Waals surface area contributed by atoms with E-state index in [0.717, 1.165) is 29.9 Å². The quantitative estimate of drug-likeness (QED) is 0.572. The van der Waals surface area contributed by atoms with Crippen molar-refractivity contribution in [3.05, 3.63) is 28.7 Å². The standard InChI is InChI=1S/C13H20BrN3O/c1-2-17(8-7-13(15)16)9-10-18-12-5-3-11(14)4-6-12/h3-6H,2,7-10H2,1H3,(H3,15,16). The second kappa shape index (κ2) is 8.11. The summed E-state index contributed by atoms with van der Waals surface area (Å²) in [5, 5.41) is 7.21. The van der Waals surface area contributed by atoms with Gasteiger partial charge in [0.15, 0.2) is 0 Å². The predicted octanol–water partition coefficient (Wildman–Crippen LogP) is 2.48. The Kier molecular flexibility index (Phi) is 6.75. The first-order chi connectivity index (χ1) is 8.61. The molecule has 0 radical (unpaired) electrons. The first-order valence-electron chi connectivity index (χ1n) is 6.05. The van der Waals surface area contributed by atoms with E-state index in [9.17, 15) is 0 Å². The van der Waals surface area contributed by atoms with Crippen LogP contribution in [0.4, 0.5) is 0 Å². The molecule has 18 heavy (non-hydrogen) atoms. The number of benzene rings is 1. The minimum atomic E-state index is 0.238. The third kappa shape index (κ3) is 6.02. The van der Waals surface area contributed by atoms with Crippen molar-refractivity contribution in [3.63, 3.8) is 0 Å². The Bertz CT molecular complexity index is 367. The Morgan fingerprint density at radius 2 is 2.00 bits per heavy atom. The summed E-state index contributed by atoms with van der Waals surface area (Å²) in [6, 6.07) is 7.80. The van der Waals surface area contributed by atoms with E-state index in [4.69, 9.17) is 15.9 Å². The average molecular weight is 314 g/mol. The van der Waals surface area contributed by atoms with Crippen LogP contribution in [0.3, 0.4) is 0 Å². The van der Waals surface area contributed by atoms with Gasteiger partial charge in [0.25, 0.3) is 0 Å². The van der Waals surface area contributed by atoms with Gasteiger partial charge >= 0.3 is 0 Å². The molecule has 0 aliphatic rings. The predicted molar refractivity (Wildman–Crippen MR) is 78.3 cm³/mol. The van der Waals surface area contributed by atoms with Crippen LogP contribution in [0.25, 0.3) is 0 Å². The molecule has 4 nitrogen and oxygen atoms in total. The summed E-state index contributed by atoms with van der Waals surface area (Å²) < 4.78 is 6.70. The molecular weight excluding hydrogens is 294 g/mol. The highest BCUT2D eigenvalue weighted by atomic mass is 79.9. The van der Waals surface area contributed by atoms with Crippen LogP contribution in [0.1, 0.15) is 13.3 Å². The van der Waals surface area contributed by atoms with Gasteiger partial charge in [0.05, 0.1) is 5.84 Å². The minimum Gasteiger partial charge on any atom is -0.492 e. The number of nitrogens with one attached hydrogen (secondary N) is 1. The zero-order valence-corrected chi connectivity index (χ0v) is 12.2. The van der Waals surface area contributed by atoms with Gasteiger partial charge in [-0.2, -0.15) is 0 Å². The van der Waals surface area contributed by atoms with Crippen LogP contribution < -0.4 is 10.5 Å². The van der Waals surface area contributed by atoms with Crippen molar-refractivity contribution in [3.8, 4) is 5.75 Å². The van der Waals surface area contributed by atoms with E-state index in [2.05, 4.69) is 27.8 Å².